The van der Waals surface area contributed by atoms with E-state index in [2.05, 4.69) is 10.6 Å². The van der Waals surface area contributed by atoms with E-state index in [1.54, 1.807) is 0 Å². The van der Waals surface area contributed by atoms with Crippen molar-refractivity contribution in [3.05, 3.63) is 108 Å². The van der Waals surface area contributed by atoms with Gasteiger partial charge in [0.05, 0.1) is 6.42 Å². The number of carbonyl (C=O) groups is 3. The molecule has 0 unspecified atom stereocenters. The Morgan fingerprint density at radius 1 is 0.610 bits per heavy atom. The number of nitrogens with one attached hydrogen (secondary N) is 2. The predicted molar refractivity (Wildman–Crippen MR) is 161 cm³/mol. The fourth-order valence-electron chi connectivity index (χ4n) is 5.36. The third-order valence-electron chi connectivity index (χ3n) is 7.61. The van der Waals surface area contributed by atoms with Crippen molar-refractivity contribution in [1.29, 1.82) is 0 Å². The molecular formula is C35H42N2O4. The van der Waals surface area contributed by atoms with Crippen LogP contribution < -0.4 is 10.6 Å². The summed E-state index contributed by atoms with van der Waals surface area (Å²) in [5.74, 6) is -1.07. The van der Waals surface area contributed by atoms with E-state index < -0.39 is 24.0 Å². The monoisotopic (exact) mass is 554 g/mol. The Hall–Kier alpha value is -3.93. The molecule has 0 saturated heterocycles. The van der Waals surface area contributed by atoms with Crippen molar-refractivity contribution in [2.75, 3.05) is 0 Å². The van der Waals surface area contributed by atoms with Gasteiger partial charge in [-0.15, -0.1) is 0 Å². The van der Waals surface area contributed by atoms with Crippen LogP contribution >= 0.6 is 0 Å². The van der Waals surface area contributed by atoms with E-state index in [0.29, 0.717) is 12.8 Å². The SMILES string of the molecule is O=C(Cc1ccccc1)N[C@@H](Cc1ccccc1)C(=O)N[C@@H](Cc1ccccc1)C(=O)OC1CCCCCCCC1. The van der Waals surface area contributed by atoms with Crippen LogP contribution in [0.1, 0.15) is 68.1 Å². The molecule has 0 bridgehead atoms. The lowest BCUT2D eigenvalue weighted by atomic mass is 10.0. The molecule has 2 atom stereocenters. The first-order valence-corrected chi connectivity index (χ1v) is 15.0. The molecule has 0 heterocycles. The predicted octanol–water partition coefficient (Wildman–Crippen LogP) is 5.73. The Morgan fingerprint density at radius 3 is 1.61 bits per heavy atom. The lowest BCUT2D eigenvalue weighted by Crippen LogP contribution is -2.54. The van der Waals surface area contributed by atoms with Crippen LogP contribution in [-0.4, -0.2) is 36.0 Å². The maximum absolute atomic E-state index is 13.7. The molecular weight excluding hydrogens is 512 g/mol. The molecule has 1 fully saturated rings. The summed E-state index contributed by atoms with van der Waals surface area (Å²) in [5.41, 5.74) is 2.71. The van der Waals surface area contributed by atoms with Crippen molar-refractivity contribution in [1.82, 2.24) is 10.6 Å². The fourth-order valence-corrected chi connectivity index (χ4v) is 5.36. The second kappa shape index (κ2) is 16.4. The molecule has 1 aliphatic rings. The van der Waals surface area contributed by atoms with Gasteiger partial charge in [0.25, 0.3) is 0 Å². The van der Waals surface area contributed by atoms with Crippen LogP contribution in [0.25, 0.3) is 0 Å². The number of rotatable bonds is 11. The molecule has 1 aliphatic carbocycles. The first-order valence-electron chi connectivity index (χ1n) is 15.0. The Morgan fingerprint density at radius 2 is 1.07 bits per heavy atom. The van der Waals surface area contributed by atoms with Crippen molar-refractivity contribution in [2.24, 2.45) is 0 Å². The van der Waals surface area contributed by atoms with Gasteiger partial charge in [-0.3, -0.25) is 9.59 Å². The molecule has 1 saturated carbocycles. The van der Waals surface area contributed by atoms with Gasteiger partial charge in [0.15, 0.2) is 0 Å². The van der Waals surface area contributed by atoms with E-state index in [1.807, 2.05) is 91.0 Å². The Kier molecular flexibility index (Phi) is 12.0. The van der Waals surface area contributed by atoms with Gasteiger partial charge in [-0.25, -0.2) is 4.79 Å². The minimum absolute atomic E-state index is 0.138. The van der Waals surface area contributed by atoms with Crippen molar-refractivity contribution in [3.63, 3.8) is 0 Å². The maximum Gasteiger partial charge on any atom is 0.329 e. The highest BCUT2D eigenvalue weighted by Gasteiger charge is 2.30. The first-order chi connectivity index (χ1) is 20.1. The normalized spacial score (nSPS) is 15.8. The highest BCUT2D eigenvalue weighted by Crippen LogP contribution is 2.20. The standard InChI is InChI=1S/C35H42N2O4/c38-33(26-29-20-12-7-13-21-29)36-31(24-27-16-8-5-9-17-27)34(39)37-32(25-28-18-10-6-11-19-28)35(40)41-30-22-14-3-1-2-4-15-23-30/h5-13,16-21,30-32H,1-4,14-15,22-26H2,(H,36,38)(H,37,39)/t31-,32-/m0/s1. The molecule has 6 nitrogen and oxygen atoms in total. The van der Waals surface area contributed by atoms with E-state index in [0.717, 1.165) is 55.2 Å². The van der Waals surface area contributed by atoms with Gasteiger partial charge in [-0.1, -0.05) is 117 Å². The molecule has 2 N–H and O–H groups in total. The van der Waals surface area contributed by atoms with E-state index in [-0.39, 0.29) is 18.4 Å². The average molecular weight is 555 g/mol. The zero-order valence-corrected chi connectivity index (χ0v) is 23.8. The van der Waals surface area contributed by atoms with Crippen molar-refractivity contribution in [2.45, 2.75) is 88.8 Å². The molecule has 2 amide bonds. The van der Waals surface area contributed by atoms with Crippen molar-refractivity contribution < 1.29 is 19.1 Å². The van der Waals surface area contributed by atoms with Crippen LogP contribution in [0.2, 0.25) is 0 Å². The summed E-state index contributed by atoms with van der Waals surface area (Å²) < 4.78 is 6.03. The third-order valence-corrected chi connectivity index (χ3v) is 7.61. The van der Waals surface area contributed by atoms with Gasteiger partial charge in [0.1, 0.15) is 18.2 Å². The van der Waals surface area contributed by atoms with E-state index >= 15 is 0 Å². The summed E-state index contributed by atoms with van der Waals surface area (Å²) in [6.07, 6.45) is 9.20. The molecule has 0 spiro atoms. The van der Waals surface area contributed by atoms with Crippen LogP contribution in [0.15, 0.2) is 91.0 Å². The molecule has 3 aromatic rings. The number of ether oxygens (including phenoxy) is 1. The number of hydrogen-bond acceptors (Lipinski definition) is 4. The highest BCUT2D eigenvalue weighted by molar-refractivity contribution is 5.91. The Labute approximate surface area is 243 Å². The van der Waals surface area contributed by atoms with E-state index in [9.17, 15) is 14.4 Å². The summed E-state index contributed by atoms with van der Waals surface area (Å²) in [5, 5.41) is 5.88. The Balaban J connectivity index is 1.49. The van der Waals surface area contributed by atoms with Crippen molar-refractivity contribution in [3.8, 4) is 0 Å². The van der Waals surface area contributed by atoms with Crippen LogP contribution in [0.5, 0.6) is 0 Å². The van der Waals surface area contributed by atoms with Crippen LogP contribution in [0.4, 0.5) is 0 Å². The average Bonchev–Trinajstić information content (AvgIpc) is 3.12. The third kappa shape index (κ3) is 10.5. The summed E-state index contributed by atoms with van der Waals surface area (Å²) in [6, 6.07) is 26.9. The second-order valence-corrected chi connectivity index (χ2v) is 11.0. The maximum atomic E-state index is 13.7. The van der Waals surface area contributed by atoms with Crippen LogP contribution in [0, 0.1) is 0 Å². The zero-order chi connectivity index (χ0) is 28.7. The van der Waals surface area contributed by atoms with E-state index in [1.165, 1.54) is 12.8 Å². The molecule has 3 aromatic carbocycles. The minimum atomic E-state index is -0.859. The number of hydrogen-bond donors (Lipinski definition) is 2. The fraction of sp³-hybridized carbons (Fsp3) is 0.400. The lowest BCUT2D eigenvalue weighted by molar-refractivity contribution is -0.154. The van der Waals surface area contributed by atoms with Crippen LogP contribution in [0.3, 0.4) is 0 Å². The molecule has 216 valence electrons. The van der Waals surface area contributed by atoms with Gasteiger partial charge < -0.3 is 15.4 Å². The molecule has 41 heavy (non-hydrogen) atoms. The summed E-state index contributed by atoms with van der Waals surface area (Å²) in [7, 11) is 0. The van der Waals surface area contributed by atoms with Gasteiger partial charge in [0, 0.05) is 12.8 Å². The Bertz CT molecular complexity index is 1210. The molecule has 0 aliphatic heterocycles. The quantitative estimate of drug-likeness (QED) is 0.297. The minimum Gasteiger partial charge on any atom is -0.461 e. The summed E-state index contributed by atoms with van der Waals surface area (Å²) in [6.45, 7) is 0. The number of benzene rings is 3. The topological polar surface area (TPSA) is 84.5 Å². The first kappa shape index (κ1) is 30.0. The van der Waals surface area contributed by atoms with Gasteiger partial charge >= 0.3 is 5.97 Å². The van der Waals surface area contributed by atoms with E-state index in [4.69, 9.17) is 4.74 Å². The molecule has 4 rings (SSSR count). The summed E-state index contributed by atoms with van der Waals surface area (Å²) >= 11 is 0. The van der Waals surface area contributed by atoms with Gasteiger partial charge in [-0.2, -0.15) is 0 Å². The lowest BCUT2D eigenvalue weighted by Gasteiger charge is -2.25. The van der Waals surface area contributed by atoms with Gasteiger partial charge in [-0.05, 0) is 42.4 Å². The van der Waals surface area contributed by atoms with Crippen LogP contribution in [-0.2, 0) is 38.4 Å². The molecule has 6 heteroatoms. The number of esters is 1. The largest absolute Gasteiger partial charge is 0.461 e. The second-order valence-electron chi connectivity index (χ2n) is 11.0. The smallest absolute Gasteiger partial charge is 0.329 e. The summed E-state index contributed by atoms with van der Waals surface area (Å²) in [4.78, 5) is 40.3. The molecule has 0 aromatic heterocycles. The number of amides is 2. The van der Waals surface area contributed by atoms with Gasteiger partial charge in [0.2, 0.25) is 11.8 Å². The molecule has 0 radical (unpaired) electrons. The number of carbonyl (C=O) groups excluding carboxylic acids is 3. The zero-order valence-electron chi connectivity index (χ0n) is 23.8. The highest BCUT2D eigenvalue weighted by atomic mass is 16.5. The van der Waals surface area contributed by atoms with Crippen molar-refractivity contribution >= 4 is 17.8 Å².